The van der Waals surface area contributed by atoms with Crippen molar-refractivity contribution in [2.45, 2.75) is 101 Å². The van der Waals surface area contributed by atoms with Crippen LogP contribution in [0.5, 0.6) is 17.2 Å². The van der Waals surface area contributed by atoms with Crippen molar-refractivity contribution < 1.29 is 99.3 Å². The van der Waals surface area contributed by atoms with Gasteiger partial charge in [-0.2, -0.15) is 0 Å². The lowest BCUT2D eigenvalue weighted by Gasteiger charge is -2.59. The second-order valence-corrected chi connectivity index (χ2v) is 16.5. The minimum absolute atomic E-state index is 0.0280. The maximum atomic E-state index is 11.8. The predicted molar refractivity (Wildman–Crippen MR) is 219 cm³/mol. The standard InChI is InChI=1S/C20H30O5.C17H24O9.C6H8O6/c1-12-4-7-16-19(2,9-8-17(23)20(16,3)11-21)14(12)6-5-13-15(22)10-25-18(13)24;1-23-10-6-9(4-3-5-18)7-11(24-2)16(10)26-17-15(22)14(21)13(20)12(8-19)25-17;7-1-2(8)5-3(9)4(10)6(11)12-5/h5,14-17,21-23H,1,4,6-11H2,2-3H3;3-4,6-7,12-15,17-22H,5,8H2,1-2H3;2,5,7-10H,1H2/b13-5+;4-3+;/t14-,15-,16+,17-,19+,20+;12-,13-,14+,15-,17+;2-,5+/m110/s1. The third-order valence-electron chi connectivity index (χ3n) is 12.7. The molecule has 20 heteroatoms. The van der Waals surface area contributed by atoms with Gasteiger partial charge in [-0.1, -0.05) is 44.2 Å². The highest BCUT2D eigenvalue weighted by atomic mass is 16.7. The quantitative estimate of drug-likeness (QED) is 0.0711. The molecule has 2 saturated heterocycles. The Morgan fingerprint density at radius 3 is 2.10 bits per heavy atom. The molecule has 4 fully saturated rings. The van der Waals surface area contributed by atoms with E-state index in [-0.39, 0.29) is 54.3 Å². The van der Waals surface area contributed by atoms with Crippen molar-refractivity contribution in [2.75, 3.05) is 47.3 Å². The van der Waals surface area contributed by atoms with Gasteiger partial charge in [-0.3, -0.25) is 0 Å². The number of aliphatic hydroxyl groups excluding tert-OH is 12. The fraction of sp³-hybridized carbons (Fsp3) is 0.628. The molecule has 6 rings (SSSR count). The number of allylic oxidation sites excluding steroid dienone is 2. The van der Waals surface area contributed by atoms with Gasteiger partial charge >= 0.3 is 11.9 Å². The highest BCUT2D eigenvalue weighted by Crippen LogP contribution is 2.61. The average Bonchev–Trinajstić information content (AvgIpc) is 3.74. The van der Waals surface area contributed by atoms with Crippen molar-refractivity contribution in [1.29, 1.82) is 0 Å². The molecule has 5 aliphatic rings. The van der Waals surface area contributed by atoms with E-state index in [4.69, 9.17) is 49.2 Å². The van der Waals surface area contributed by atoms with Gasteiger partial charge < -0.3 is 89.7 Å². The number of methoxy groups -OCH3 is 2. The first-order valence-electron chi connectivity index (χ1n) is 20.4. The number of carbonyl (C=O) groups is 2. The van der Waals surface area contributed by atoms with Gasteiger partial charge in [0.2, 0.25) is 17.8 Å². The van der Waals surface area contributed by atoms with Crippen LogP contribution in [-0.2, 0) is 23.8 Å². The molecule has 0 amide bonds. The molecular weight excluding hydrogens is 836 g/mol. The normalized spacial score (nSPS) is 35.2. The van der Waals surface area contributed by atoms with E-state index in [1.165, 1.54) is 20.3 Å². The molecule has 63 heavy (non-hydrogen) atoms. The van der Waals surface area contributed by atoms with Crippen molar-refractivity contribution in [2.24, 2.45) is 22.7 Å². The van der Waals surface area contributed by atoms with E-state index in [0.29, 0.717) is 24.0 Å². The number of ether oxygens (including phenoxy) is 6. The summed E-state index contributed by atoms with van der Waals surface area (Å²) in [5.74, 6) is -2.21. The van der Waals surface area contributed by atoms with E-state index in [0.717, 1.165) is 24.8 Å². The topological polar surface area (TPSA) is 332 Å². The monoisotopic (exact) mass is 898 g/mol. The van der Waals surface area contributed by atoms with E-state index in [1.807, 2.05) is 13.0 Å². The first-order valence-corrected chi connectivity index (χ1v) is 20.4. The van der Waals surface area contributed by atoms with Crippen LogP contribution >= 0.6 is 0 Å². The molecule has 1 aromatic rings. The molecule has 0 radical (unpaired) electrons. The molecule has 1 aromatic carbocycles. The Morgan fingerprint density at radius 2 is 1.59 bits per heavy atom. The third-order valence-corrected chi connectivity index (χ3v) is 12.7. The second kappa shape index (κ2) is 22.0. The van der Waals surface area contributed by atoms with Crippen molar-refractivity contribution in [3.63, 3.8) is 0 Å². The van der Waals surface area contributed by atoms with Gasteiger partial charge in [-0.25, -0.2) is 9.59 Å². The molecule has 0 unspecified atom stereocenters. The Balaban J connectivity index is 0.000000221. The van der Waals surface area contributed by atoms with E-state index in [1.54, 1.807) is 18.2 Å². The lowest BCUT2D eigenvalue weighted by molar-refractivity contribution is -0.277. The summed E-state index contributed by atoms with van der Waals surface area (Å²) >= 11 is 0. The Bertz CT molecular complexity index is 1820. The summed E-state index contributed by atoms with van der Waals surface area (Å²) < 4.78 is 30.8. The number of rotatable bonds is 12. The van der Waals surface area contributed by atoms with Gasteiger partial charge in [0, 0.05) is 5.41 Å². The highest BCUT2D eigenvalue weighted by molar-refractivity contribution is 5.91. The Labute approximate surface area is 364 Å². The lowest BCUT2D eigenvalue weighted by atomic mass is 9.46. The molecule has 2 saturated carbocycles. The van der Waals surface area contributed by atoms with Crippen LogP contribution in [0.15, 0.2) is 53.5 Å². The molecule has 3 aliphatic heterocycles. The van der Waals surface area contributed by atoms with Crippen molar-refractivity contribution in [3.8, 4) is 17.2 Å². The van der Waals surface area contributed by atoms with Crippen LogP contribution in [0.3, 0.4) is 0 Å². The SMILES string of the molecule is C=C1CC[C@@H]2[C@](C)(CO)[C@H](O)CC[C@@]2(C)[C@@H]1C/C=C1/C(=O)OC[C@H]1O.COc1cc(/C=C/CO)cc(OC)c1O[C@@H]1O[C@H](CO)[C@@H](O)[C@H](O)[C@H]1O.O=C1O[C@H]([C@@H](O)CO)C(O)=C1O. The van der Waals surface area contributed by atoms with Gasteiger partial charge in [0.1, 0.15) is 43.2 Å². The molecule has 3 heterocycles. The summed E-state index contributed by atoms with van der Waals surface area (Å²) in [4.78, 5) is 22.3. The summed E-state index contributed by atoms with van der Waals surface area (Å²) in [7, 11) is 2.82. The van der Waals surface area contributed by atoms with E-state index >= 15 is 0 Å². The largest absolute Gasteiger partial charge is 0.505 e. The van der Waals surface area contributed by atoms with Crippen molar-refractivity contribution in [3.05, 3.63) is 59.1 Å². The van der Waals surface area contributed by atoms with Crippen LogP contribution in [0.25, 0.3) is 6.08 Å². The zero-order valence-electron chi connectivity index (χ0n) is 35.6. The summed E-state index contributed by atoms with van der Waals surface area (Å²) in [6.45, 7) is 7.13. The molecule has 20 nitrogen and oxygen atoms in total. The number of hydrogen-bond acceptors (Lipinski definition) is 20. The first kappa shape index (κ1) is 51.3. The molecule has 0 spiro atoms. The lowest BCUT2D eigenvalue weighted by Crippen LogP contribution is -2.60. The predicted octanol–water partition coefficient (Wildman–Crippen LogP) is -0.557. The molecule has 13 atom stereocenters. The van der Waals surface area contributed by atoms with Crippen LogP contribution in [0.2, 0.25) is 0 Å². The van der Waals surface area contributed by atoms with Crippen LogP contribution in [0, 0.1) is 22.7 Å². The number of esters is 2. The Kier molecular flexibility index (Phi) is 18.0. The van der Waals surface area contributed by atoms with Gasteiger partial charge in [0.05, 0.1) is 52.3 Å². The number of fused-ring (bicyclic) bond motifs is 1. The molecule has 0 bridgehead atoms. The molecule has 354 valence electrons. The average molecular weight is 899 g/mol. The minimum Gasteiger partial charge on any atom is -0.505 e. The Morgan fingerprint density at radius 1 is 0.937 bits per heavy atom. The van der Waals surface area contributed by atoms with Gasteiger partial charge in [0.15, 0.2) is 23.4 Å². The minimum atomic E-state index is -1.56. The Hall–Kier alpha value is -4.32. The number of benzene rings is 1. The summed E-state index contributed by atoms with van der Waals surface area (Å²) in [6, 6.07) is 3.24. The molecule has 2 aliphatic carbocycles. The maximum Gasteiger partial charge on any atom is 0.377 e. The zero-order valence-corrected chi connectivity index (χ0v) is 35.6. The smallest absolute Gasteiger partial charge is 0.377 e. The first-order chi connectivity index (χ1) is 29.8. The zero-order chi connectivity index (χ0) is 47.0. The van der Waals surface area contributed by atoms with E-state index in [2.05, 4.69) is 18.2 Å². The van der Waals surface area contributed by atoms with Gasteiger partial charge in [-0.05, 0) is 67.1 Å². The molecule has 12 N–H and O–H groups in total. The number of hydrogen-bond donors (Lipinski definition) is 12. The fourth-order valence-corrected chi connectivity index (χ4v) is 8.97. The summed E-state index contributed by atoms with van der Waals surface area (Å²) in [6.07, 6.45) is -2.24. The van der Waals surface area contributed by atoms with Crippen LogP contribution < -0.4 is 14.2 Å². The third kappa shape index (κ3) is 11.0. The second-order valence-electron chi connectivity index (χ2n) is 16.5. The van der Waals surface area contributed by atoms with Crippen LogP contribution in [0.4, 0.5) is 0 Å². The summed E-state index contributed by atoms with van der Waals surface area (Å²) in [5, 5.41) is 113. The summed E-state index contributed by atoms with van der Waals surface area (Å²) in [5.41, 5.74) is 1.59. The van der Waals surface area contributed by atoms with Crippen LogP contribution in [0.1, 0.15) is 51.5 Å². The molecule has 0 aromatic heterocycles. The maximum absolute atomic E-state index is 11.8. The van der Waals surface area contributed by atoms with Gasteiger partial charge in [-0.15, -0.1) is 0 Å². The highest BCUT2D eigenvalue weighted by Gasteiger charge is 2.57. The number of carbonyl (C=O) groups excluding carboxylic acids is 2. The van der Waals surface area contributed by atoms with Crippen molar-refractivity contribution in [1.82, 2.24) is 0 Å². The van der Waals surface area contributed by atoms with E-state index in [9.17, 15) is 45.3 Å². The van der Waals surface area contributed by atoms with Gasteiger partial charge in [0.25, 0.3) is 0 Å². The number of aliphatic hydroxyl groups is 12. The van der Waals surface area contributed by atoms with Crippen LogP contribution in [-0.4, -0.2) is 176 Å². The molecular formula is C43H62O20. The van der Waals surface area contributed by atoms with Crippen molar-refractivity contribution >= 4 is 18.0 Å². The van der Waals surface area contributed by atoms with E-state index < -0.39 is 97.2 Å². The number of cyclic esters (lactones) is 2. The fourth-order valence-electron chi connectivity index (χ4n) is 8.97.